The van der Waals surface area contributed by atoms with Gasteiger partial charge in [0.05, 0.1) is 7.11 Å². The predicted molar refractivity (Wildman–Crippen MR) is 96.1 cm³/mol. The Labute approximate surface area is 143 Å². The Morgan fingerprint density at radius 1 is 1.00 bits per heavy atom. The van der Waals surface area contributed by atoms with Crippen LogP contribution in [0.5, 0.6) is 6.01 Å². The van der Waals surface area contributed by atoms with E-state index >= 15 is 0 Å². The van der Waals surface area contributed by atoms with Gasteiger partial charge < -0.3 is 15.4 Å². The van der Waals surface area contributed by atoms with E-state index < -0.39 is 0 Å². The van der Waals surface area contributed by atoms with Crippen LogP contribution in [0.1, 0.15) is 51.0 Å². The van der Waals surface area contributed by atoms with Crippen LogP contribution in [0.25, 0.3) is 0 Å². The number of rotatable bonds is 6. The van der Waals surface area contributed by atoms with Gasteiger partial charge in [0.2, 0.25) is 11.9 Å². The molecule has 1 aliphatic rings. The average Bonchev–Trinajstić information content (AvgIpc) is 3.08. The number of methoxy groups -OCH3 is 1. The number of nitrogens with one attached hydrogen (secondary N) is 2. The zero-order chi connectivity index (χ0) is 16.9. The maximum absolute atomic E-state index is 5.21. The minimum Gasteiger partial charge on any atom is -0.467 e. The Hall–Kier alpha value is -2.37. The molecule has 1 saturated carbocycles. The fourth-order valence-corrected chi connectivity index (χ4v) is 2.90. The Bertz CT molecular complexity index is 666. The van der Waals surface area contributed by atoms with Crippen LogP contribution in [0.2, 0.25) is 0 Å². The highest BCUT2D eigenvalue weighted by Crippen LogP contribution is 2.23. The molecule has 0 amide bonds. The number of benzene rings is 1. The van der Waals surface area contributed by atoms with Crippen LogP contribution in [0, 0.1) is 0 Å². The fourth-order valence-electron chi connectivity index (χ4n) is 2.90. The van der Waals surface area contributed by atoms with Crippen LogP contribution in [-0.4, -0.2) is 28.1 Å². The van der Waals surface area contributed by atoms with Gasteiger partial charge in [-0.3, -0.25) is 0 Å². The van der Waals surface area contributed by atoms with Crippen molar-refractivity contribution < 1.29 is 4.74 Å². The molecule has 2 aromatic rings. The summed E-state index contributed by atoms with van der Waals surface area (Å²) >= 11 is 0. The third-order valence-corrected chi connectivity index (χ3v) is 4.32. The van der Waals surface area contributed by atoms with E-state index in [0.717, 1.165) is 18.5 Å². The summed E-state index contributed by atoms with van der Waals surface area (Å²) in [6.45, 7) is 4.36. The fraction of sp³-hybridized carbons (Fsp3) is 0.500. The van der Waals surface area contributed by atoms with Gasteiger partial charge in [-0.25, -0.2) is 0 Å². The van der Waals surface area contributed by atoms with Gasteiger partial charge in [0.15, 0.2) is 0 Å². The summed E-state index contributed by atoms with van der Waals surface area (Å²) in [6.07, 6.45) is 4.83. The van der Waals surface area contributed by atoms with E-state index in [1.807, 2.05) is 12.1 Å². The van der Waals surface area contributed by atoms with Crippen LogP contribution in [0.15, 0.2) is 24.3 Å². The van der Waals surface area contributed by atoms with Gasteiger partial charge in [0, 0.05) is 11.7 Å². The van der Waals surface area contributed by atoms with Crippen molar-refractivity contribution in [3.8, 4) is 6.01 Å². The predicted octanol–water partition coefficient (Wildman–Crippen LogP) is 4.10. The largest absolute Gasteiger partial charge is 0.467 e. The summed E-state index contributed by atoms with van der Waals surface area (Å²) in [5, 5.41) is 6.61. The maximum atomic E-state index is 5.21. The van der Waals surface area contributed by atoms with Gasteiger partial charge in [0.25, 0.3) is 0 Å². The third kappa shape index (κ3) is 4.13. The lowest BCUT2D eigenvalue weighted by molar-refractivity contribution is 0.379. The van der Waals surface area contributed by atoms with Crippen molar-refractivity contribution in [2.24, 2.45) is 0 Å². The number of hydrogen-bond acceptors (Lipinski definition) is 6. The molecule has 2 N–H and O–H groups in total. The van der Waals surface area contributed by atoms with Crippen LogP contribution in [0.4, 0.5) is 17.6 Å². The minimum absolute atomic E-state index is 0.312. The lowest BCUT2D eigenvalue weighted by Crippen LogP contribution is -2.17. The molecule has 1 aromatic carbocycles. The van der Waals surface area contributed by atoms with Crippen molar-refractivity contribution in [1.82, 2.24) is 15.0 Å². The summed E-state index contributed by atoms with van der Waals surface area (Å²) < 4.78 is 5.21. The maximum Gasteiger partial charge on any atom is 0.322 e. The molecule has 1 aliphatic carbocycles. The first kappa shape index (κ1) is 16.5. The number of aromatic nitrogens is 3. The van der Waals surface area contributed by atoms with Gasteiger partial charge in [-0.15, -0.1) is 0 Å². The second-order valence-electron chi connectivity index (χ2n) is 6.50. The van der Waals surface area contributed by atoms with E-state index in [1.165, 1.54) is 18.4 Å². The average molecular weight is 327 g/mol. The second-order valence-corrected chi connectivity index (χ2v) is 6.50. The topological polar surface area (TPSA) is 72.0 Å². The van der Waals surface area contributed by atoms with E-state index in [-0.39, 0.29) is 0 Å². The number of anilines is 3. The molecule has 0 radical (unpaired) electrons. The zero-order valence-corrected chi connectivity index (χ0v) is 14.5. The molecule has 0 atom stereocenters. The summed E-state index contributed by atoms with van der Waals surface area (Å²) in [7, 11) is 1.57. The van der Waals surface area contributed by atoms with Gasteiger partial charge in [0.1, 0.15) is 0 Å². The summed E-state index contributed by atoms with van der Waals surface area (Å²) in [6, 6.07) is 9.06. The highest BCUT2D eigenvalue weighted by molar-refractivity contribution is 5.55. The summed E-state index contributed by atoms with van der Waals surface area (Å²) in [4.78, 5) is 13.1. The highest BCUT2D eigenvalue weighted by Gasteiger charge is 2.17. The van der Waals surface area contributed by atoms with Crippen molar-refractivity contribution in [2.45, 2.75) is 51.5 Å². The number of hydrogen-bond donors (Lipinski definition) is 2. The molecule has 0 unspecified atom stereocenters. The summed E-state index contributed by atoms with van der Waals surface area (Å²) in [5.74, 6) is 1.56. The van der Waals surface area contributed by atoms with Crippen LogP contribution >= 0.6 is 0 Å². The molecule has 6 nitrogen and oxygen atoms in total. The molecular weight excluding hydrogens is 302 g/mol. The molecule has 3 rings (SSSR count). The number of ether oxygens (including phenoxy) is 1. The van der Waals surface area contributed by atoms with Crippen molar-refractivity contribution in [2.75, 3.05) is 17.7 Å². The van der Waals surface area contributed by atoms with E-state index in [4.69, 9.17) is 4.74 Å². The molecule has 1 heterocycles. The molecule has 0 bridgehead atoms. The smallest absolute Gasteiger partial charge is 0.322 e. The SMILES string of the molecule is COc1nc(Nc2ccc(C(C)C)cc2)nc(NC2CCCC2)n1. The number of nitrogens with zero attached hydrogens (tertiary/aromatic N) is 3. The van der Waals surface area contributed by atoms with Crippen molar-refractivity contribution in [1.29, 1.82) is 0 Å². The van der Waals surface area contributed by atoms with Crippen molar-refractivity contribution in [3.63, 3.8) is 0 Å². The molecule has 0 spiro atoms. The molecule has 1 fully saturated rings. The molecule has 24 heavy (non-hydrogen) atoms. The molecule has 0 aliphatic heterocycles. The van der Waals surface area contributed by atoms with Crippen LogP contribution < -0.4 is 15.4 Å². The first-order chi connectivity index (χ1) is 11.6. The lowest BCUT2D eigenvalue weighted by atomic mass is 10.0. The monoisotopic (exact) mass is 327 g/mol. The first-order valence-corrected chi connectivity index (χ1v) is 8.57. The van der Waals surface area contributed by atoms with E-state index in [0.29, 0.717) is 29.9 Å². The van der Waals surface area contributed by atoms with Crippen LogP contribution in [0.3, 0.4) is 0 Å². The van der Waals surface area contributed by atoms with E-state index in [2.05, 4.69) is 51.6 Å². The Morgan fingerprint density at radius 2 is 1.67 bits per heavy atom. The molecular formula is C18H25N5O. The Morgan fingerprint density at radius 3 is 2.29 bits per heavy atom. The minimum atomic E-state index is 0.312. The zero-order valence-electron chi connectivity index (χ0n) is 14.5. The third-order valence-electron chi connectivity index (χ3n) is 4.32. The molecule has 6 heteroatoms. The quantitative estimate of drug-likeness (QED) is 0.832. The molecule has 128 valence electrons. The summed E-state index contributed by atoms with van der Waals surface area (Å²) in [5.41, 5.74) is 2.25. The van der Waals surface area contributed by atoms with Crippen molar-refractivity contribution in [3.05, 3.63) is 29.8 Å². The molecule has 1 aromatic heterocycles. The Balaban J connectivity index is 1.76. The molecule has 0 saturated heterocycles. The normalized spacial score (nSPS) is 14.8. The van der Waals surface area contributed by atoms with Gasteiger partial charge in [-0.1, -0.05) is 38.8 Å². The second kappa shape index (κ2) is 7.47. The highest BCUT2D eigenvalue weighted by atomic mass is 16.5. The van der Waals surface area contributed by atoms with E-state index in [1.54, 1.807) is 7.11 Å². The van der Waals surface area contributed by atoms with E-state index in [9.17, 15) is 0 Å². The van der Waals surface area contributed by atoms with Crippen LogP contribution in [-0.2, 0) is 0 Å². The van der Waals surface area contributed by atoms with Gasteiger partial charge in [-0.05, 0) is 36.5 Å². The van der Waals surface area contributed by atoms with Gasteiger partial charge >= 0.3 is 6.01 Å². The van der Waals surface area contributed by atoms with Crippen molar-refractivity contribution >= 4 is 17.6 Å². The first-order valence-electron chi connectivity index (χ1n) is 8.57. The Kier molecular flexibility index (Phi) is 5.13. The lowest BCUT2D eigenvalue weighted by Gasteiger charge is -2.13. The standard InChI is InChI=1S/C18H25N5O/c1-12(2)13-8-10-15(11-9-13)20-17-21-16(22-18(23-17)24-3)19-14-6-4-5-7-14/h8-12,14H,4-7H2,1-3H3,(H2,19,20,21,22,23). The van der Waals surface area contributed by atoms with Gasteiger partial charge in [-0.2, -0.15) is 15.0 Å².